The van der Waals surface area contributed by atoms with Gasteiger partial charge in [0.25, 0.3) is 0 Å². The van der Waals surface area contributed by atoms with Crippen LogP contribution >= 0.6 is 0 Å². The minimum atomic E-state index is -0.219. The molecule has 0 heterocycles. The van der Waals surface area contributed by atoms with Gasteiger partial charge in [-0.05, 0) is 62.1 Å². The highest BCUT2D eigenvalue weighted by Gasteiger charge is 2.23. The zero-order chi connectivity index (χ0) is 16.5. The van der Waals surface area contributed by atoms with Gasteiger partial charge in [-0.3, -0.25) is 0 Å². The van der Waals surface area contributed by atoms with Gasteiger partial charge in [-0.15, -0.1) is 0 Å². The first-order valence-corrected chi connectivity index (χ1v) is 8.59. The number of nitrogens with zero attached hydrogens (tertiary/aromatic N) is 1. The first-order valence-electron chi connectivity index (χ1n) is 8.59. The SMILES string of the molecule is CCCCc1ccc(C(=O)OC2CCC(C=CC#N)CC2)cc1. The lowest BCUT2D eigenvalue weighted by Gasteiger charge is -2.26. The Bertz CT molecular complexity index is 560. The largest absolute Gasteiger partial charge is 0.459 e. The Kier molecular flexibility index (Phi) is 6.87. The van der Waals surface area contributed by atoms with Gasteiger partial charge in [0.2, 0.25) is 0 Å². The smallest absolute Gasteiger partial charge is 0.338 e. The fourth-order valence-electron chi connectivity index (χ4n) is 2.99. The van der Waals surface area contributed by atoms with E-state index in [0.29, 0.717) is 11.5 Å². The first-order chi connectivity index (χ1) is 11.2. The van der Waals surface area contributed by atoms with E-state index < -0.39 is 0 Å². The second-order valence-electron chi connectivity index (χ2n) is 6.23. The number of unbranched alkanes of at least 4 members (excludes halogenated alkanes) is 1. The normalized spacial score (nSPS) is 21.0. The van der Waals surface area contributed by atoms with Crippen LogP contribution in [-0.2, 0) is 11.2 Å². The molecule has 3 nitrogen and oxygen atoms in total. The second kappa shape index (κ2) is 9.15. The summed E-state index contributed by atoms with van der Waals surface area (Å²) in [6.45, 7) is 2.18. The molecule has 1 aromatic rings. The van der Waals surface area contributed by atoms with Gasteiger partial charge in [0, 0.05) is 6.08 Å². The second-order valence-corrected chi connectivity index (χ2v) is 6.23. The van der Waals surface area contributed by atoms with Crippen molar-refractivity contribution in [1.29, 1.82) is 5.26 Å². The molecule has 1 saturated carbocycles. The van der Waals surface area contributed by atoms with Gasteiger partial charge >= 0.3 is 5.97 Å². The number of ether oxygens (including phenoxy) is 1. The highest BCUT2D eigenvalue weighted by molar-refractivity contribution is 5.89. The molecular formula is C20H25NO2. The Hall–Kier alpha value is -2.08. The summed E-state index contributed by atoms with van der Waals surface area (Å²) in [6, 6.07) is 9.82. The fraction of sp³-hybridized carbons (Fsp3) is 0.500. The van der Waals surface area contributed by atoms with E-state index in [1.807, 2.05) is 36.4 Å². The van der Waals surface area contributed by atoms with Crippen LogP contribution in [0.1, 0.15) is 61.4 Å². The van der Waals surface area contributed by atoms with Crippen LogP contribution in [0.25, 0.3) is 0 Å². The molecule has 0 radical (unpaired) electrons. The van der Waals surface area contributed by atoms with E-state index in [2.05, 4.69) is 6.92 Å². The topological polar surface area (TPSA) is 50.1 Å². The molecule has 1 fully saturated rings. The van der Waals surface area contributed by atoms with E-state index in [1.54, 1.807) is 6.08 Å². The molecule has 0 atom stereocenters. The lowest BCUT2D eigenvalue weighted by Crippen LogP contribution is -2.24. The molecule has 0 spiro atoms. The Morgan fingerprint density at radius 1 is 1.26 bits per heavy atom. The number of nitriles is 1. The minimum Gasteiger partial charge on any atom is -0.459 e. The van der Waals surface area contributed by atoms with Crippen molar-refractivity contribution in [2.24, 2.45) is 5.92 Å². The number of benzene rings is 1. The van der Waals surface area contributed by atoms with Crippen molar-refractivity contribution < 1.29 is 9.53 Å². The maximum absolute atomic E-state index is 12.2. The average Bonchev–Trinajstić information content (AvgIpc) is 2.59. The van der Waals surface area contributed by atoms with Crippen LogP contribution < -0.4 is 0 Å². The number of rotatable bonds is 6. The molecule has 0 N–H and O–H groups in total. The summed E-state index contributed by atoms with van der Waals surface area (Å²) in [4.78, 5) is 12.2. The molecule has 0 saturated heterocycles. The van der Waals surface area contributed by atoms with Crippen molar-refractivity contribution in [3.63, 3.8) is 0 Å². The fourth-order valence-corrected chi connectivity index (χ4v) is 2.99. The molecule has 1 aliphatic carbocycles. The van der Waals surface area contributed by atoms with Crippen molar-refractivity contribution in [2.75, 3.05) is 0 Å². The first kappa shape index (κ1) is 17.3. The van der Waals surface area contributed by atoms with Crippen LogP contribution in [0, 0.1) is 17.2 Å². The summed E-state index contributed by atoms with van der Waals surface area (Å²) >= 11 is 0. The van der Waals surface area contributed by atoms with Crippen molar-refractivity contribution in [3.05, 3.63) is 47.5 Å². The molecule has 2 rings (SSSR count). The van der Waals surface area contributed by atoms with Crippen LogP contribution in [0.15, 0.2) is 36.4 Å². The highest BCUT2D eigenvalue weighted by atomic mass is 16.5. The minimum absolute atomic E-state index is 0.00834. The summed E-state index contributed by atoms with van der Waals surface area (Å²) in [5.74, 6) is 0.227. The third-order valence-corrected chi connectivity index (χ3v) is 4.44. The van der Waals surface area contributed by atoms with E-state index in [9.17, 15) is 4.79 Å². The number of allylic oxidation sites excluding steroid dienone is 2. The number of carbonyl (C=O) groups is 1. The third kappa shape index (κ3) is 5.56. The summed E-state index contributed by atoms with van der Waals surface area (Å²) in [5.41, 5.74) is 1.91. The number of carbonyl (C=O) groups excluding carboxylic acids is 1. The standard InChI is InChI=1S/C20H25NO2/c1-2-3-5-16-7-11-18(12-8-16)20(22)23-19-13-9-17(10-14-19)6-4-15-21/h4,6-8,11-12,17,19H,2-3,5,9-10,13-14H2,1H3. The molecule has 122 valence electrons. The quantitative estimate of drug-likeness (QED) is 0.559. The monoisotopic (exact) mass is 311 g/mol. The van der Waals surface area contributed by atoms with Gasteiger partial charge in [0.1, 0.15) is 6.10 Å². The maximum atomic E-state index is 12.2. The van der Waals surface area contributed by atoms with Crippen LogP contribution in [0.3, 0.4) is 0 Å². The van der Waals surface area contributed by atoms with E-state index in [4.69, 9.17) is 10.00 Å². The summed E-state index contributed by atoms with van der Waals surface area (Å²) in [5, 5.41) is 8.55. The van der Waals surface area contributed by atoms with Crippen molar-refractivity contribution >= 4 is 5.97 Å². The van der Waals surface area contributed by atoms with E-state index in [1.165, 1.54) is 18.4 Å². The zero-order valence-electron chi connectivity index (χ0n) is 13.8. The van der Waals surface area contributed by atoms with E-state index in [-0.39, 0.29) is 12.1 Å². The van der Waals surface area contributed by atoms with Gasteiger partial charge < -0.3 is 4.74 Å². The van der Waals surface area contributed by atoms with Crippen molar-refractivity contribution in [2.45, 2.75) is 58.0 Å². The van der Waals surface area contributed by atoms with Gasteiger partial charge in [0.15, 0.2) is 0 Å². The number of esters is 1. The summed E-state index contributed by atoms with van der Waals surface area (Å²) < 4.78 is 5.62. The van der Waals surface area contributed by atoms with Gasteiger partial charge in [-0.1, -0.05) is 31.6 Å². The molecular weight excluding hydrogens is 286 g/mol. The Balaban J connectivity index is 1.81. The molecule has 0 amide bonds. The molecule has 3 heteroatoms. The number of hydrogen-bond donors (Lipinski definition) is 0. The average molecular weight is 311 g/mol. The van der Waals surface area contributed by atoms with Gasteiger partial charge in [-0.2, -0.15) is 5.26 Å². The predicted molar refractivity (Wildman–Crippen MR) is 91.0 cm³/mol. The molecule has 1 aromatic carbocycles. The molecule has 0 bridgehead atoms. The van der Waals surface area contributed by atoms with Crippen LogP contribution in [0.2, 0.25) is 0 Å². The maximum Gasteiger partial charge on any atom is 0.338 e. The lowest BCUT2D eigenvalue weighted by molar-refractivity contribution is 0.0185. The third-order valence-electron chi connectivity index (χ3n) is 4.44. The van der Waals surface area contributed by atoms with Gasteiger partial charge in [0.05, 0.1) is 11.6 Å². The lowest BCUT2D eigenvalue weighted by atomic mass is 9.87. The van der Waals surface area contributed by atoms with E-state index in [0.717, 1.165) is 32.1 Å². The molecule has 1 aliphatic rings. The Labute approximate surface area is 139 Å². The molecule has 23 heavy (non-hydrogen) atoms. The number of hydrogen-bond acceptors (Lipinski definition) is 3. The van der Waals surface area contributed by atoms with E-state index >= 15 is 0 Å². The van der Waals surface area contributed by atoms with Crippen molar-refractivity contribution in [3.8, 4) is 6.07 Å². The summed E-state index contributed by atoms with van der Waals surface area (Å²) in [6.07, 6.45) is 10.6. The number of aryl methyl sites for hydroxylation is 1. The molecule has 0 aliphatic heterocycles. The zero-order valence-corrected chi connectivity index (χ0v) is 13.8. The Morgan fingerprint density at radius 3 is 2.57 bits per heavy atom. The predicted octanol–water partition coefficient (Wildman–Crippen LogP) is 4.82. The molecule has 0 aromatic heterocycles. The highest BCUT2D eigenvalue weighted by Crippen LogP contribution is 2.27. The van der Waals surface area contributed by atoms with Crippen molar-refractivity contribution in [1.82, 2.24) is 0 Å². The molecule has 0 unspecified atom stereocenters. The Morgan fingerprint density at radius 2 is 1.96 bits per heavy atom. The van der Waals surface area contributed by atoms with Crippen LogP contribution in [0.4, 0.5) is 0 Å². The van der Waals surface area contributed by atoms with Gasteiger partial charge in [-0.25, -0.2) is 4.79 Å². The van der Waals surface area contributed by atoms with Crippen LogP contribution in [0.5, 0.6) is 0 Å². The van der Waals surface area contributed by atoms with Crippen LogP contribution in [-0.4, -0.2) is 12.1 Å². The summed E-state index contributed by atoms with van der Waals surface area (Å²) in [7, 11) is 0.